The zero-order valence-electron chi connectivity index (χ0n) is 11.5. The number of ether oxygens (including phenoxy) is 1. The smallest absolute Gasteiger partial charge is 0.230 e. The van der Waals surface area contributed by atoms with Crippen LogP contribution in [-0.4, -0.2) is 27.2 Å². The number of hydrogen-bond donors (Lipinski definition) is 1. The lowest BCUT2D eigenvalue weighted by Crippen LogP contribution is -1.89. The first-order chi connectivity index (χ1) is 10.4. The number of benzene rings is 1. The van der Waals surface area contributed by atoms with Gasteiger partial charge in [-0.05, 0) is 18.6 Å². The fourth-order valence-corrected chi connectivity index (χ4v) is 2.61. The van der Waals surface area contributed by atoms with Gasteiger partial charge in [0.25, 0.3) is 0 Å². The maximum Gasteiger partial charge on any atom is 0.230 e. The van der Waals surface area contributed by atoms with Crippen molar-refractivity contribution in [1.29, 1.82) is 0 Å². The highest BCUT2D eigenvalue weighted by Gasteiger charge is 2.44. The number of imidazole rings is 1. The third-order valence-electron chi connectivity index (χ3n) is 3.82. The van der Waals surface area contributed by atoms with Gasteiger partial charge in [-0.15, -0.1) is 0 Å². The van der Waals surface area contributed by atoms with Crippen LogP contribution in [0.5, 0.6) is 5.75 Å². The maximum atomic E-state index is 5.42. The van der Waals surface area contributed by atoms with E-state index in [4.69, 9.17) is 9.26 Å². The van der Waals surface area contributed by atoms with Crippen LogP contribution in [0.3, 0.4) is 0 Å². The zero-order chi connectivity index (χ0) is 14.2. The fraction of sp³-hybridized carbons (Fsp3) is 0.267. The number of nitrogens with one attached hydrogen (secondary N) is 1. The third kappa shape index (κ3) is 2.08. The van der Waals surface area contributed by atoms with E-state index in [0.717, 1.165) is 23.4 Å². The van der Waals surface area contributed by atoms with Crippen molar-refractivity contribution >= 4 is 0 Å². The highest BCUT2D eigenvalue weighted by molar-refractivity contribution is 5.63. The molecule has 3 aromatic rings. The fourth-order valence-electron chi connectivity index (χ4n) is 2.61. The summed E-state index contributed by atoms with van der Waals surface area (Å²) in [4.78, 5) is 11.7. The number of H-pyrrole nitrogens is 1. The van der Waals surface area contributed by atoms with Crippen molar-refractivity contribution in [1.82, 2.24) is 20.1 Å². The van der Waals surface area contributed by atoms with E-state index in [0.29, 0.717) is 17.6 Å². The molecule has 6 nitrogen and oxygen atoms in total. The van der Waals surface area contributed by atoms with Gasteiger partial charge in [0, 0.05) is 23.7 Å². The van der Waals surface area contributed by atoms with Crippen LogP contribution in [0.1, 0.15) is 29.8 Å². The molecule has 0 unspecified atom stereocenters. The Hall–Kier alpha value is -2.63. The van der Waals surface area contributed by atoms with Crippen molar-refractivity contribution in [3.63, 3.8) is 0 Å². The minimum absolute atomic E-state index is 0.279. The first-order valence-electron chi connectivity index (χ1n) is 6.82. The summed E-state index contributed by atoms with van der Waals surface area (Å²) in [5.41, 5.74) is 1.96. The zero-order valence-corrected chi connectivity index (χ0v) is 11.5. The third-order valence-corrected chi connectivity index (χ3v) is 3.82. The Morgan fingerprint density at radius 3 is 3.00 bits per heavy atom. The summed E-state index contributed by atoms with van der Waals surface area (Å²) in [5.74, 6) is 2.67. The standard InChI is InChI=1S/C15H14N4O2/c1-20-13-5-3-2-4-9(13)14-18-15(21-19-14)11-6-10(11)12-7-16-8-17-12/h2-5,7-8,10-11H,6H2,1H3,(H,16,17)/t10-,11-/m1/s1. The highest BCUT2D eigenvalue weighted by Crippen LogP contribution is 2.53. The molecular formula is C15H14N4O2. The van der Waals surface area contributed by atoms with Gasteiger partial charge in [-0.3, -0.25) is 0 Å². The molecule has 1 saturated carbocycles. The van der Waals surface area contributed by atoms with Gasteiger partial charge in [-0.1, -0.05) is 17.3 Å². The van der Waals surface area contributed by atoms with E-state index < -0.39 is 0 Å². The van der Waals surface area contributed by atoms with Gasteiger partial charge in [-0.2, -0.15) is 4.98 Å². The maximum absolute atomic E-state index is 5.42. The van der Waals surface area contributed by atoms with Gasteiger partial charge in [0.1, 0.15) is 5.75 Å². The summed E-state index contributed by atoms with van der Waals surface area (Å²) in [6.07, 6.45) is 4.55. The van der Waals surface area contributed by atoms with Crippen molar-refractivity contribution in [2.75, 3.05) is 7.11 Å². The highest BCUT2D eigenvalue weighted by atomic mass is 16.5. The molecule has 1 aliphatic rings. The van der Waals surface area contributed by atoms with Crippen LogP contribution in [-0.2, 0) is 0 Å². The summed E-state index contributed by atoms with van der Waals surface area (Å²) in [7, 11) is 1.63. The van der Waals surface area contributed by atoms with Crippen LogP contribution < -0.4 is 4.74 Å². The molecule has 2 heterocycles. The molecule has 6 heteroatoms. The average molecular weight is 282 g/mol. The summed E-state index contributed by atoms with van der Waals surface area (Å²) in [6, 6.07) is 7.65. The summed E-state index contributed by atoms with van der Waals surface area (Å²) < 4.78 is 10.8. The van der Waals surface area contributed by atoms with Gasteiger partial charge >= 0.3 is 0 Å². The minimum atomic E-state index is 0.279. The first-order valence-corrected chi connectivity index (χ1v) is 6.82. The van der Waals surface area contributed by atoms with E-state index in [9.17, 15) is 0 Å². The molecule has 1 aromatic carbocycles. The quantitative estimate of drug-likeness (QED) is 0.796. The van der Waals surface area contributed by atoms with Crippen molar-refractivity contribution in [3.8, 4) is 17.1 Å². The lowest BCUT2D eigenvalue weighted by Gasteiger charge is -2.02. The molecule has 0 spiro atoms. The molecular weight excluding hydrogens is 268 g/mol. The van der Waals surface area contributed by atoms with Crippen LogP contribution in [0.4, 0.5) is 0 Å². The van der Waals surface area contributed by atoms with Crippen molar-refractivity contribution in [2.45, 2.75) is 18.3 Å². The van der Waals surface area contributed by atoms with Crippen LogP contribution >= 0.6 is 0 Å². The molecule has 0 amide bonds. The number of hydrogen-bond acceptors (Lipinski definition) is 5. The van der Waals surface area contributed by atoms with Crippen LogP contribution in [0.2, 0.25) is 0 Å². The largest absolute Gasteiger partial charge is 0.496 e. The number of methoxy groups -OCH3 is 1. The van der Waals surface area contributed by atoms with E-state index in [1.807, 2.05) is 30.5 Å². The number of aromatic nitrogens is 4. The summed E-state index contributed by atoms with van der Waals surface area (Å²) >= 11 is 0. The molecule has 2 atom stereocenters. The predicted octanol–water partition coefficient (Wildman–Crippen LogP) is 2.74. The number of aromatic amines is 1. The van der Waals surface area contributed by atoms with E-state index >= 15 is 0 Å². The Balaban J connectivity index is 1.60. The normalized spacial score (nSPS) is 20.4. The lowest BCUT2D eigenvalue weighted by atomic mass is 10.2. The number of para-hydroxylation sites is 1. The Morgan fingerprint density at radius 2 is 2.19 bits per heavy atom. The van der Waals surface area contributed by atoms with Crippen molar-refractivity contribution in [2.24, 2.45) is 0 Å². The first kappa shape index (κ1) is 12.1. The van der Waals surface area contributed by atoms with Gasteiger partial charge < -0.3 is 14.2 Å². The Bertz CT molecular complexity index is 751. The summed E-state index contributed by atoms with van der Waals surface area (Å²) in [6.45, 7) is 0. The molecule has 0 bridgehead atoms. The van der Waals surface area contributed by atoms with Gasteiger partial charge in [-0.25, -0.2) is 4.98 Å². The number of nitrogens with zero attached hydrogens (tertiary/aromatic N) is 3. The Labute approximate surface area is 121 Å². The molecule has 4 rings (SSSR count). The Kier molecular flexibility index (Phi) is 2.73. The molecule has 1 fully saturated rings. The van der Waals surface area contributed by atoms with E-state index in [-0.39, 0.29) is 5.92 Å². The minimum Gasteiger partial charge on any atom is -0.496 e. The second-order valence-electron chi connectivity index (χ2n) is 5.11. The molecule has 0 aliphatic heterocycles. The van der Waals surface area contributed by atoms with Crippen LogP contribution in [0.15, 0.2) is 41.3 Å². The topological polar surface area (TPSA) is 76.8 Å². The average Bonchev–Trinajstić information content (AvgIpc) is 2.97. The van der Waals surface area contributed by atoms with Gasteiger partial charge in [0.2, 0.25) is 11.7 Å². The van der Waals surface area contributed by atoms with E-state index in [2.05, 4.69) is 20.1 Å². The van der Waals surface area contributed by atoms with E-state index in [1.165, 1.54) is 0 Å². The molecule has 106 valence electrons. The molecule has 0 saturated heterocycles. The van der Waals surface area contributed by atoms with Crippen molar-refractivity contribution < 1.29 is 9.26 Å². The van der Waals surface area contributed by atoms with Crippen LogP contribution in [0.25, 0.3) is 11.4 Å². The summed E-state index contributed by atoms with van der Waals surface area (Å²) in [5, 5.41) is 4.08. The SMILES string of the molecule is COc1ccccc1-c1noc([C@@H]2C[C@H]2c2cnc[nH]2)n1. The predicted molar refractivity (Wildman–Crippen MR) is 75.0 cm³/mol. The monoisotopic (exact) mass is 282 g/mol. The van der Waals surface area contributed by atoms with Crippen LogP contribution in [0, 0.1) is 0 Å². The number of rotatable bonds is 4. The molecule has 2 aromatic heterocycles. The van der Waals surface area contributed by atoms with Crippen molar-refractivity contribution in [3.05, 3.63) is 48.4 Å². The lowest BCUT2D eigenvalue weighted by molar-refractivity contribution is 0.377. The van der Waals surface area contributed by atoms with Gasteiger partial charge in [0.15, 0.2) is 0 Å². The molecule has 21 heavy (non-hydrogen) atoms. The van der Waals surface area contributed by atoms with E-state index in [1.54, 1.807) is 13.4 Å². The molecule has 1 aliphatic carbocycles. The van der Waals surface area contributed by atoms with Gasteiger partial charge in [0.05, 0.1) is 19.0 Å². The molecule has 0 radical (unpaired) electrons. The molecule has 1 N–H and O–H groups in total. The Morgan fingerprint density at radius 1 is 1.29 bits per heavy atom. The second kappa shape index (κ2) is 4.73. The second-order valence-corrected chi connectivity index (χ2v) is 5.11.